The second-order valence-electron chi connectivity index (χ2n) is 4.51. The van der Waals surface area contributed by atoms with Gasteiger partial charge in [-0.15, -0.1) is 0 Å². The number of anilines is 1. The Kier molecular flexibility index (Phi) is 3.46. The number of nitro groups is 1. The second-order valence-corrected chi connectivity index (χ2v) is 4.51. The van der Waals surface area contributed by atoms with Crippen LogP contribution in [0.3, 0.4) is 0 Å². The Balaban J connectivity index is 1.90. The quantitative estimate of drug-likeness (QED) is 0.554. The van der Waals surface area contributed by atoms with E-state index in [0.29, 0.717) is 18.7 Å². The lowest BCUT2D eigenvalue weighted by atomic mass is 10.1. The number of fused-ring (bicyclic) bond motifs is 1. The van der Waals surface area contributed by atoms with E-state index in [1.165, 1.54) is 6.20 Å². The highest BCUT2D eigenvalue weighted by Crippen LogP contribution is 2.31. The molecule has 7 nitrogen and oxygen atoms in total. The van der Waals surface area contributed by atoms with Crippen LogP contribution in [0.2, 0.25) is 0 Å². The van der Waals surface area contributed by atoms with Crippen molar-refractivity contribution in [3.05, 3.63) is 58.8 Å². The van der Waals surface area contributed by atoms with Gasteiger partial charge in [0.1, 0.15) is 17.7 Å². The Morgan fingerprint density at radius 2 is 2.14 bits per heavy atom. The number of aromatic amines is 1. The molecule has 0 unspecified atom stereocenters. The van der Waals surface area contributed by atoms with Gasteiger partial charge in [-0.1, -0.05) is 18.2 Å². The predicted octanol–water partition coefficient (Wildman–Crippen LogP) is 2.52. The van der Waals surface area contributed by atoms with Gasteiger partial charge in [-0.3, -0.25) is 10.1 Å². The Morgan fingerprint density at radius 3 is 2.90 bits per heavy atom. The van der Waals surface area contributed by atoms with Gasteiger partial charge in [-0.05, 0) is 6.07 Å². The summed E-state index contributed by atoms with van der Waals surface area (Å²) in [6, 6.07) is 7.35. The van der Waals surface area contributed by atoms with Gasteiger partial charge in [0.2, 0.25) is 0 Å². The van der Waals surface area contributed by atoms with Crippen LogP contribution >= 0.6 is 0 Å². The summed E-state index contributed by atoms with van der Waals surface area (Å²) in [5, 5.41) is 15.0. The molecule has 0 aliphatic carbocycles. The molecular formula is C14H13N5O2. The van der Waals surface area contributed by atoms with Gasteiger partial charge in [0.15, 0.2) is 0 Å². The smallest absolute Gasteiger partial charge is 0.311 e. The number of aromatic nitrogens is 3. The van der Waals surface area contributed by atoms with E-state index in [1.54, 1.807) is 12.4 Å². The maximum Gasteiger partial charge on any atom is 0.311 e. The van der Waals surface area contributed by atoms with Gasteiger partial charge < -0.3 is 10.3 Å². The van der Waals surface area contributed by atoms with E-state index >= 15 is 0 Å². The van der Waals surface area contributed by atoms with Crippen LogP contribution in [0, 0.1) is 10.1 Å². The zero-order valence-corrected chi connectivity index (χ0v) is 11.1. The molecule has 0 saturated heterocycles. The molecule has 21 heavy (non-hydrogen) atoms. The van der Waals surface area contributed by atoms with E-state index in [-0.39, 0.29) is 5.69 Å². The molecule has 0 aliphatic rings. The number of pyridine rings is 1. The molecule has 2 N–H and O–H groups in total. The highest BCUT2D eigenvalue weighted by Gasteiger charge is 2.17. The fourth-order valence-corrected chi connectivity index (χ4v) is 2.20. The summed E-state index contributed by atoms with van der Waals surface area (Å²) in [5.74, 6) is 0.837. The summed E-state index contributed by atoms with van der Waals surface area (Å²) in [5.41, 5.74) is 1.20. The van der Waals surface area contributed by atoms with Crippen LogP contribution in [0.4, 0.5) is 11.4 Å². The van der Waals surface area contributed by atoms with Gasteiger partial charge in [0, 0.05) is 30.7 Å². The summed E-state index contributed by atoms with van der Waals surface area (Å²) in [6.45, 7) is 0.544. The highest BCUT2D eigenvalue weighted by molar-refractivity contribution is 5.95. The third kappa shape index (κ3) is 2.66. The summed E-state index contributed by atoms with van der Waals surface area (Å²) < 4.78 is 0. The van der Waals surface area contributed by atoms with E-state index in [0.717, 1.165) is 16.7 Å². The standard InChI is InChI=1S/C14H13N5O2/c20-19(21)12-9-18-11-4-2-1-3-10(11)14(12)17-6-5-13-15-7-8-16-13/h1-4,7-9H,5-6H2,(H,15,16)(H,17,18). The number of nitrogens with zero attached hydrogens (tertiary/aromatic N) is 3. The number of imidazole rings is 1. The fraction of sp³-hybridized carbons (Fsp3) is 0.143. The molecule has 0 bridgehead atoms. The zero-order valence-electron chi connectivity index (χ0n) is 11.1. The van der Waals surface area contributed by atoms with Gasteiger partial charge >= 0.3 is 5.69 Å². The molecule has 0 radical (unpaired) electrons. The number of para-hydroxylation sites is 1. The van der Waals surface area contributed by atoms with Gasteiger partial charge in [-0.2, -0.15) is 0 Å². The predicted molar refractivity (Wildman–Crippen MR) is 79.2 cm³/mol. The molecule has 0 atom stereocenters. The minimum absolute atomic E-state index is 0.0202. The third-order valence-electron chi connectivity index (χ3n) is 3.17. The van der Waals surface area contributed by atoms with Crippen molar-refractivity contribution in [1.82, 2.24) is 15.0 Å². The van der Waals surface area contributed by atoms with Gasteiger partial charge in [-0.25, -0.2) is 9.97 Å². The molecule has 1 aromatic carbocycles. The van der Waals surface area contributed by atoms with Gasteiger partial charge in [0.25, 0.3) is 0 Å². The number of rotatable bonds is 5. The SMILES string of the molecule is O=[N+]([O-])c1cnc2ccccc2c1NCCc1ncc[nH]1. The molecule has 2 heterocycles. The Bertz CT molecular complexity index is 770. The molecule has 0 amide bonds. The van der Waals surface area contributed by atoms with Crippen molar-refractivity contribution in [3.8, 4) is 0 Å². The molecule has 0 saturated carbocycles. The topological polar surface area (TPSA) is 96.7 Å². The van der Waals surface area contributed by atoms with Crippen LogP contribution in [-0.2, 0) is 6.42 Å². The van der Waals surface area contributed by atoms with Crippen molar-refractivity contribution in [2.45, 2.75) is 6.42 Å². The summed E-state index contributed by atoms with van der Waals surface area (Å²) in [4.78, 5) is 22.0. The van der Waals surface area contributed by atoms with Crippen LogP contribution < -0.4 is 5.32 Å². The number of hydrogen-bond acceptors (Lipinski definition) is 5. The largest absolute Gasteiger partial charge is 0.378 e. The molecule has 106 valence electrons. The molecule has 0 aliphatic heterocycles. The number of nitrogens with one attached hydrogen (secondary N) is 2. The van der Waals surface area contributed by atoms with E-state index in [9.17, 15) is 10.1 Å². The monoisotopic (exact) mass is 283 g/mol. The zero-order chi connectivity index (χ0) is 14.7. The van der Waals surface area contributed by atoms with Crippen LogP contribution in [0.1, 0.15) is 5.82 Å². The normalized spacial score (nSPS) is 10.7. The Hall–Kier alpha value is -2.96. The third-order valence-corrected chi connectivity index (χ3v) is 3.17. The first-order valence-corrected chi connectivity index (χ1v) is 6.50. The van der Waals surface area contributed by atoms with Crippen LogP contribution in [-0.4, -0.2) is 26.4 Å². The van der Waals surface area contributed by atoms with Crippen molar-refractivity contribution in [1.29, 1.82) is 0 Å². The van der Waals surface area contributed by atoms with Crippen LogP contribution in [0.15, 0.2) is 42.9 Å². The maximum atomic E-state index is 11.2. The first-order chi connectivity index (χ1) is 10.3. The van der Waals surface area contributed by atoms with Crippen molar-refractivity contribution in [2.75, 3.05) is 11.9 Å². The van der Waals surface area contributed by atoms with Crippen molar-refractivity contribution in [3.63, 3.8) is 0 Å². The molecule has 0 fully saturated rings. The second kappa shape index (κ2) is 5.58. The molecule has 3 rings (SSSR count). The van der Waals surface area contributed by atoms with Gasteiger partial charge in [0.05, 0.1) is 10.4 Å². The molecular weight excluding hydrogens is 270 g/mol. The van der Waals surface area contributed by atoms with Crippen molar-refractivity contribution in [2.24, 2.45) is 0 Å². The average Bonchev–Trinajstić information content (AvgIpc) is 3.00. The molecule has 0 spiro atoms. The minimum atomic E-state index is -0.422. The van der Waals surface area contributed by atoms with Crippen LogP contribution in [0.5, 0.6) is 0 Å². The Labute approximate surface area is 120 Å². The summed E-state index contributed by atoms with van der Waals surface area (Å²) in [6.07, 6.45) is 5.37. The number of benzene rings is 1. The summed E-state index contributed by atoms with van der Waals surface area (Å²) in [7, 11) is 0. The van der Waals surface area contributed by atoms with Crippen molar-refractivity contribution < 1.29 is 4.92 Å². The average molecular weight is 283 g/mol. The fourth-order valence-electron chi connectivity index (χ4n) is 2.20. The van der Waals surface area contributed by atoms with E-state index in [2.05, 4.69) is 20.3 Å². The molecule has 7 heteroatoms. The van der Waals surface area contributed by atoms with E-state index < -0.39 is 4.92 Å². The van der Waals surface area contributed by atoms with Crippen LogP contribution in [0.25, 0.3) is 10.9 Å². The maximum absolute atomic E-state index is 11.2. The number of hydrogen-bond donors (Lipinski definition) is 2. The van der Waals surface area contributed by atoms with Crippen molar-refractivity contribution >= 4 is 22.3 Å². The number of H-pyrrole nitrogens is 1. The Morgan fingerprint density at radius 1 is 1.29 bits per heavy atom. The lowest BCUT2D eigenvalue weighted by Crippen LogP contribution is -2.08. The first-order valence-electron chi connectivity index (χ1n) is 6.50. The minimum Gasteiger partial charge on any atom is -0.378 e. The van der Waals surface area contributed by atoms with E-state index in [1.807, 2.05) is 24.3 Å². The lowest BCUT2D eigenvalue weighted by molar-refractivity contribution is -0.384. The lowest BCUT2D eigenvalue weighted by Gasteiger charge is -2.09. The summed E-state index contributed by atoms with van der Waals surface area (Å²) >= 11 is 0. The van der Waals surface area contributed by atoms with E-state index in [4.69, 9.17) is 0 Å². The first kappa shape index (κ1) is 13.0. The molecule has 3 aromatic rings. The highest BCUT2D eigenvalue weighted by atomic mass is 16.6. The molecule has 2 aromatic heterocycles.